The van der Waals surface area contributed by atoms with Gasteiger partial charge in [0.05, 0.1) is 18.3 Å². The quantitative estimate of drug-likeness (QED) is 0.274. The van der Waals surface area contributed by atoms with E-state index in [1.165, 1.54) is 31.7 Å². The molecule has 4 heteroatoms. The lowest BCUT2D eigenvalue weighted by atomic mass is 9.43. The molecule has 4 nitrogen and oxygen atoms in total. The van der Waals surface area contributed by atoms with Crippen LogP contribution < -0.4 is 0 Å². The molecule has 4 aliphatic rings. The average molecular weight is 549 g/mol. The maximum absolute atomic E-state index is 12.5. The first-order valence-corrected chi connectivity index (χ1v) is 15.9. The van der Waals surface area contributed by atoms with E-state index in [-0.39, 0.29) is 22.7 Å². The first-order chi connectivity index (χ1) is 18.9. The number of ether oxygens (including phenoxy) is 1. The summed E-state index contributed by atoms with van der Waals surface area (Å²) < 4.78 is 5.26. The molecule has 3 saturated carbocycles. The third-order valence-electron chi connectivity index (χ3n) is 12.3. The number of carbonyl (C=O) groups is 1. The predicted molar refractivity (Wildman–Crippen MR) is 160 cm³/mol. The van der Waals surface area contributed by atoms with E-state index in [2.05, 4.69) is 77.1 Å². The van der Waals surface area contributed by atoms with E-state index < -0.39 is 11.7 Å². The number of rotatable bonds is 7. The smallest absolute Gasteiger partial charge is 0.302 e. The van der Waals surface area contributed by atoms with Gasteiger partial charge in [-0.1, -0.05) is 88.8 Å². The average Bonchev–Trinajstić information content (AvgIpc) is 3.28. The number of esters is 1. The number of fused-ring (bicyclic) bond motifs is 5. The first kappa shape index (κ1) is 29.6. The summed E-state index contributed by atoms with van der Waals surface area (Å²) in [7, 11) is 0. The van der Waals surface area contributed by atoms with Gasteiger partial charge in [0.2, 0.25) is 0 Å². The highest BCUT2D eigenvalue weighted by Crippen LogP contribution is 2.69. The zero-order valence-electron chi connectivity index (χ0n) is 25.6. The van der Waals surface area contributed by atoms with Gasteiger partial charge in [0.25, 0.3) is 0 Å². The highest BCUT2D eigenvalue weighted by Gasteiger charge is 2.65. The lowest BCUT2D eigenvalue weighted by Crippen LogP contribution is -2.62. The summed E-state index contributed by atoms with van der Waals surface area (Å²) >= 11 is 0. The maximum Gasteiger partial charge on any atom is 0.302 e. The molecular weight excluding hydrogens is 496 g/mol. The van der Waals surface area contributed by atoms with Gasteiger partial charge in [-0.25, -0.2) is 0 Å². The van der Waals surface area contributed by atoms with Crippen molar-refractivity contribution in [3.63, 3.8) is 0 Å². The van der Waals surface area contributed by atoms with Gasteiger partial charge in [0.15, 0.2) is 0 Å². The minimum absolute atomic E-state index is 0.0850. The summed E-state index contributed by atoms with van der Waals surface area (Å²) in [6.45, 7) is 13.6. The zero-order valence-corrected chi connectivity index (χ0v) is 25.6. The van der Waals surface area contributed by atoms with Gasteiger partial charge in [0, 0.05) is 24.7 Å². The van der Waals surface area contributed by atoms with Crippen molar-refractivity contribution >= 4 is 5.97 Å². The molecule has 1 aromatic carbocycles. The third kappa shape index (κ3) is 4.91. The van der Waals surface area contributed by atoms with Crippen molar-refractivity contribution in [2.24, 2.45) is 46.3 Å². The molecule has 3 fully saturated rings. The maximum atomic E-state index is 12.5. The van der Waals surface area contributed by atoms with Crippen molar-refractivity contribution in [1.82, 2.24) is 0 Å². The summed E-state index contributed by atoms with van der Waals surface area (Å²) in [5, 5.41) is 23.3. The Kier molecular flexibility index (Phi) is 8.18. The highest BCUT2D eigenvalue weighted by atomic mass is 16.5. The molecule has 0 aromatic heterocycles. The molecule has 11 atom stereocenters. The minimum atomic E-state index is -0.930. The van der Waals surface area contributed by atoms with Gasteiger partial charge in [-0.15, -0.1) is 0 Å². The molecule has 0 spiro atoms. The van der Waals surface area contributed by atoms with Gasteiger partial charge >= 0.3 is 5.97 Å². The van der Waals surface area contributed by atoms with E-state index in [1.54, 1.807) is 5.57 Å². The fraction of sp³-hybridized carbons (Fsp3) is 0.694. The van der Waals surface area contributed by atoms with Gasteiger partial charge in [-0.05, 0) is 85.0 Å². The number of aliphatic hydroxyl groups excluding tert-OH is 1. The van der Waals surface area contributed by atoms with E-state index >= 15 is 0 Å². The van der Waals surface area contributed by atoms with Crippen LogP contribution in [0.1, 0.15) is 98.0 Å². The largest absolute Gasteiger partial charge is 0.466 e. The SMILES string of the molecule is CC(=O)OCC(C)[C@@H](C)C=C[C@@H](C)[C@H]1CC[C@H]2C3=C[C@@H](c4ccccc4)[C@@]4(O)C[C@@H](O)CC[C@]4(C)[C@H]3CC[C@]12C. The molecule has 40 heavy (non-hydrogen) atoms. The Morgan fingerprint density at radius 2 is 1.75 bits per heavy atom. The summed E-state index contributed by atoms with van der Waals surface area (Å²) in [6, 6.07) is 10.5. The second-order valence-corrected chi connectivity index (χ2v) is 14.5. The molecular formula is C36H52O4. The van der Waals surface area contributed by atoms with Crippen LogP contribution in [0.3, 0.4) is 0 Å². The van der Waals surface area contributed by atoms with Crippen LogP contribution in [0, 0.1) is 46.3 Å². The van der Waals surface area contributed by atoms with Gasteiger partial charge in [-0.2, -0.15) is 0 Å². The number of benzene rings is 1. The molecule has 0 heterocycles. The Balaban J connectivity index is 1.42. The van der Waals surface area contributed by atoms with Crippen LogP contribution in [0.15, 0.2) is 54.1 Å². The minimum Gasteiger partial charge on any atom is -0.466 e. The van der Waals surface area contributed by atoms with E-state index in [1.807, 2.05) is 6.07 Å². The Morgan fingerprint density at radius 1 is 1.02 bits per heavy atom. The molecule has 2 N–H and O–H groups in total. The fourth-order valence-corrected chi connectivity index (χ4v) is 9.59. The standard InChI is InChI=1S/C36H52O4/c1-23(25(3)22-40-26(4)37)12-13-24(2)30-14-15-31-29-20-33(27-10-8-7-9-11-27)36(39)21-28(38)16-19-35(36,6)32(29)17-18-34(30,31)5/h7-13,20,23-25,28,30-33,38-39H,14-19,21-22H2,1-6H3/t23-,24+,25?,28-,30+,31-,32-,33-,34+,35+,36-/m0/s1. The topological polar surface area (TPSA) is 66.8 Å². The number of hydrogen-bond acceptors (Lipinski definition) is 4. The lowest BCUT2D eigenvalue weighted by molar-refractivity contribution is -0.178. The van der Waals surface area contributed by atoms with Crippen LogP contribution in [0.25, 0.3) is 0 Å². The van der Waals surface area contributed by atoms with Crippen LogP contribution in [-0.2, 0) is 9.53 Å². The van der Waals surface area contributed by atoms with Crippen molar-refractivity contribution < 1.29 is 19.7 Å². The Bertz CT molecular complexity index is 1120. The number of allylic oxidation sites excluding steroid dienone is 3. The number of aliphatic hydroxyl groups is 2. The summed E-state index contributed by atoms with van der Waals surface area (Å²) in [5.74, 6) is 2.41. The molecule has 1 unspecified atom stereocenters. The second kappa shape index (κ2) is 11.1. The van der Waals surface area contributed by atoms with Gasteiger partial charge < -0.3 is 14.9 Å². The number of carbonyl (C=O) groups excluding carboxylic acids is 1. The Hall–Kier alpha value is -1.91. The molecule has 5 rings (SSSR count). The lowest BCUT2D eigenvalue weighted by Gasteiger charge is -2.63. The van der Waals surface area contributed by atoms with Crippen LogP contribution in [-0.4, -0.2) is 34.5 Å². The molecule has 4 aliphatic carbocycles. The van der Waals surface area contributed by atoms with Crippen LogP contribution >= 0.6 is 0 Å². The van der Waals surface area contributed by atoms with E-state index in [0.29, 0.717) is 48.5 Å². The monoisotopic (exact) mass is 548 g/mol. The molecule has 0 aliphatic heterocycles. The van der Waals surface area contributed by atoms with Gasteiger partial charge in [0.1, 0.15) is 0 Å². The third-order valence-corrected chi connectivity index (χ3v) is 12.3. The Morgan fingerprint density at radius 3 is 2.45 bits per heavy atom. The normalized spacial score (nSPS) is 41.3. The van der Waals surface area contributed by atoms with Crippen molar-refractivity contribution in [1.29, 1.82) is 0 Å². The van der Waals surface area contributed by atoms with Crippen LogP contribution in [0.4, 0.5) is 0 Å². The van der Waals surface area contributed by atoms with Crippen molar-refractivity contribution in [2.45, 2.75) is 104 Å². The fourth-order valence-electron chi connectivity index (χ4n) is 9.59. The predicted octanol–water partition coefficient (Wildman–Crippen LogP) is 7.46. The molecule has 220 valence electrons. The molecule has 0 bridgehead atoms. The highest BCUT2D eigenvalue weighted by molar-refractivity contribution is 5.65. The van der Waals surface area contributed by atoms with E-state index in [0.717, 1.165) is 19.3 Å². The first-order valence-electron chi connectivity index (χ1n) is 15.9. The van der Waals surface area contributed by atoms with E-state index in [9.17, 15) is 15.0 Å². The summed E-state index contributed by atoms with van der Waals surface area (Å²) in [4.78, 5) is 11.2. The summed E-state index contributed by atoms with van der Waals surface area (Å²) in [5.41, 5.74) is 1.87. The molecule has 0 radical (unpaired) electrons. The van der Waals surface area contributed by atoms with Crippen molar-refractivity contribution in [2.75, 3.05) is 6.61 Å². The number of hydrogen-bond donors (Lipinski definition) is 2. The van der Waals surface area contributed by atoms with Crippen molar-refractivity contribution in [3.05, 3.63) is 59.7 Å². The van der Waals surface area contributed by atoms with E-state index in [4.69, 9.17) is 4.74 Å². The zero-order chi connectivity index (χ0) is 28.9. The molecule has 0 amide bonds. The van der Waals surface area contributed by atoms with Gasteiger partial charge in [-0.3, -0.25) is 4.79 Å². The molecule has 0 saturated heterocycles. The van der Waals surface area contributed by atoms with Crippen LogP contribution in [0.5, 0.6) is 0 Å². The molecule has 1 aromatic rings. The van der Waals surface area contributed by atoms with Crippen molar-refractivity contribution in [3.8, 4) is 0 Å². The van der Waals surface area contributed by atoms with Crippen LogP contribution in [0.2, 0.25) is 0 Å². The summed E-state index contributed by atoms with van der Waals surface area (Å²) in [6.07, 6.45) is 13.7. The second-order valence-electron chi connectivity index (χ2n) is 14.5. The Labute approximate surface area is 242 Å².